The van der Waals surface area contributed by atoms with Gasteiger partial charge in [-0.25, -0.2) is 18.9 Å². The van der Waals surface area contributed by atoms with Crippen LogP contribution in [-0.2, 0) is 43.8 Å². The van der Waals surface area contributed by atoms with E-state index >= 15 is 0 Å². The van der Waals surface area contributed by atoms with Gasteiger partial charge in [0.05, 0.1) is 30.5 Å². The van der Waals surface area contributed by atoms with Crippen LogP contribution in [0.2, 0.25) is 0 Å². The van der Waals surface area contributed by atoms with Crippen LogP contribution >= 0.6 is 81.4 Å². The molecule has 6 heterocycles. The average Bonchev–Trinajstić information content (AvgIpc) is 4.24. The number of likely N-dealkylation sites (N-methyl/N-ethyl adjacent to an activating group) is 2. The predicted octanol–water partition coefficient (Wildman–Crippen LogP) is 11.0. The van der Waals surface area contributed by atoms with E-state index in [-0.39, 0.29) is 140 Å². The molecule has 2 saturated carbocycles. The first-order valence-electron chi connectivity index (χ1n) is 25.6. The van der Waals surface area contributed by atoms with Crippen molar-refractivity contribution in [2.24, 2.45) is 11.8 Å². The number of aromatic nitrogens is 4. The van der Waals surface area contributed by atoms with Gasteiger partial charge in [0.1, 0.15) is 35.3 Å². The summed E-state index contributed by atoms with van der Waals surface area (Å²) in [6, 6.07) is 24.9. The van der Waals surface area contributed by atoms with Crippen molar-refractivity contribution in [2.75, 3.05) is 24.7 Å². The molecular weight excluding hydrogens is 1150 g/mol. The lowest BCUT2D eigenvalue weighted by Crippen LogP contribution is -2.36. The third kappa shape index (κ3) is 16.0. The second-order valence-electron chi connectivity index (χ2n) is 20.2. The normalized spacial score (nSPS) is 29.3. The molecule has 12 atom stereocenters. The van der Waals surface area contributed by atoms with Gasteiger partial charge in [-0.2, -0.15) is 64.0 Å². The van der Waals surface area contributed by atoms with Crippen LogP contribution in [0, 0.1) is 11.8 Å². The summed E-state index contributed by atoms with van der Waals surface area (Å²) >= 11 is 6.27. The minimum Gasteiger partial charge on any atom is -0.390 e. The highest BCUT2D eigenvalue weighted by Gasteiger charge is 2.58. The molecule has 4 aromatic rings. The molecule has 2 aliphatic carbocycles. The Hall–Kier alpha value is -2.63. The van der Waals surface area contributed by atoms with Gasteiger partial charge >= 0.3 is 11.4 Å². The fourth-order valence-electron chi connectivity index (χ4n) is 10.7. The molecule has 0 bridgehead atoms. The van der Waals surface area contributed by atoms with Gasteiger partial charge in [0.25, 0.3) is 8.53 Å². The van der Waals surface area contributed by atoms with Gasteiger partial charge in [0.15, 0.2) is 0 Å². The Morgan fingerprint density at radius 3 is 1.56 bits per heavy atom. The number of aliphatic hydroxyl groups is 1. The molecule has 3 N–H and O–H groups in total. The number of fused-ring (bicyclic) bond motifs is 2. The molecular formula is C54H87ClN8O10P2S4. The Morgan fingerprint density at radius 1 is 0.696 bits per heavy atom. The fraction of sp³-hybridized carbons (Fsp3) is 0.593. The second kappa shape index (κ2) is 31.9. The molecule has 6 fully saturated rings. The van der Waals surface area contributed by atoms with E-state index in [1.807, 2.05) is 19.1 Å². The van der Waals surface area contributed by atoms with Crippen molar-refractivity contribution in [1.29, 1.82) is 0 Å². The van der Waals surface area contributed by atoms with E-state index in [1.54, 1.807) is 46.0 Å². The second-order valence-corrected chi connectivity index (χ2v) is 23.8. The standard InChI is InChI=1S/C26H35N4O5P.C14H21N3O4.C12H15ClNOP.2CH4.4H2S/c1-5-19-20(16-23(33-19)30-15-13-22(28-25(30)32)27-24(31)17(2)3)34-36-29(4)21-12-9-14-26(21,35-36)18-10-7-6-8-11-18;1-4-10-9(18)7-12(21-10)17-6-5-11(16-14(17)20)15-13(19)8(2)3;1-14-11-8-5-9-12(11,15-16(14)13)10-6-3-2-4-7-10;;;;;;/h6-8,10-11,13,15,17,19-21,23H,5,9,12,14,16H2,1-4H3,(H,27,28,31,32);5-6,8-10,12,18H,4,7H2,1-3H3,(H,15,16,19,20);2-4,6-7,11H,5,8-9H2,1H3;2*1H4;4*1H2/t19-,20?,21+,23-,26+,36?;9?,10-,12-;11-,12-,16?;;;;;;/m110....../s1. The largest absolute Gasteiger partial charge is 0.390 e. The quantitative estimate of drug-likeness (QED) is 0.113. The van der Waals surface area contributed by atoms with Crippen molar-refractivity contribution in [2.45, 2.75) is 181 Å². The summed E-state index contributed by atoms with van der Waals surface area (Å²) in [5, 5.41) is 15.1. The van der Waals surface area contributed by atoms with Gasteiger partial charge in [-0.15, -0.1) is 0 Å². The summed E-state index contributed by atoms with van der Waals surface area (Å²) in [5.41, 5.74) is 1.06. The van der Waals surface area contributed by atoms with Gasteiger partial charge in [-0.3, -0.25) is 18.7 Å². The van der Waals surface area contributed by atoms with Crippen molar-refractivity contribution < 1.29 is 37.7 Å². The first-order chi connectivity index (χ1) is 35.0. The Morgan fingerprint density at radius 2 is 1.13 bits per heavy atom. The zero-order valence-corrected chi connectivity index (χ0v) is 51.5. The summed E-state index contributed by atoms with van der Waals surface area (Å²) in [6.45, 7) is 11.1. The smallest absolute Gasteiger partial charge is 0.351 e. The molecule has 444 valence electrons. The third-order valence-corrected chi connectivity index (χ3v) is 18.7. The van der Waals surface area contributed by atoms with Crippen LogP contribution in [0.5, 0.6) is 0 Å². The number of rotatable bonds is 12. The molecule has 4 saturated heterocycles. The van der Waals surface area contributed by atoms with Gasteiger partial charge < -0.3 is 38.8 Å². The Balaban J connectivity index is 0.000000425. The van der Waals surface area contributed by atoms with E-state index in [0.29, 0.717) is 25.3 Å². The first-order valence-corrected chi connectivity index (χ1v) is 28.9. The lowest BCUT2D eigenvalue weighted by molar-refractivity contribution is -0.119. The summed E-state index contributed by atoms with van der Waals surface area (Å²) in [6.07, 6.45) is 9.98. The van der Waals surface area contributed by atoms with Gasteiger partial charge in [-0.1, -0.05) is 117 Å². The molecule has 6 aliphatic rings. The number of nitrogens with zero attached hydrogens (tertiary/aromatic N) is 6. The van der Waals surface area contributed by atoms with E-state index in [0.717, 1.165) is 32.1 Å². The molecule has 2 aromatic carbocycles. The maximum atomic E-state index is 12.8. The molecule has 4 unspecified atom stereocenters. The number of carbonyl (C=O) groups is 2. The number of carbonyl (C=O) groups excluding carboxylic acids is 2. The number of amides is 2. The van der Waals surface area contributed by atoms with E-state index in [2.05, 4.69) is 99.5 Å². The zero-order chi connectivity index (χ0) is 52.2. The SMILES string of the molecule is C.C.CC[C@H]1O[C@@H](n2ccc(NC(=O)C(C)C)nc2=O)CC1O.CC[C@H]1O[C@@H](n2ccc(NC(=O)C(C)C)nc2=O)CC1OP1O[C@]2(c3ccccc3)CCC[C@@H]2N1C.CN1[C@H]2CCC[C@@]2(c2ccccc2)OP1Cl.S.S.S.S. The molecule has 0 radical (unpaired) electrons. The minimum absolute atomic E-state index is 0. The van der Waals surface area contributed by atoms with Gasteiger partial charge in [0, 0.05) is 43.1 Å². The molecule has 79 heavy (non-hydrogen) atoms. The topological polar surface area (TPSA) is 201 Å². The van der Waals surface area contributed by atoms with Crippen LogP contribution in [0.4, 0.5) is 11.6 Å². The van der Waals surface area contributed by atoms with E-state index < -0.39 is 46.1 Å². The van der Waals surface area contributed by atoms with E-state index in [1.165, 1.54) is 39.3 Å². The number of benzene rings is 2. The maximum Gasteiger partial charge on any atom is 0.351 e. The molecule has 18 nitrogen and oxygen atoms in total. The van der Waals surface area contributed by atoms with E-state index in [9.17, 15) is 24.3 Å². The summed E-state index contributed by atoms with van der Waals surface area (Å²) in [5.74, 6) is -0.298. The fourth-order valence-corrected chi connectivity index (χ4v) is 14.5. The van der Waals surface area contributed by atoms with Crippen molar-refractivity contribution in [3.8, 4) is 0 Å². The van der Waals surface area contributed by atoms with Crippen molar-refractivity contribution in [1.82, 2.24) is 28.4 Å². The molecule has 0 spiro atoms. The average molecular weight is 1230 g/mol. The maximum absolute atomic E-state index is 12.8. The van der Waals surface area contributed by atoms with Crippen LogP contribution in [0.1, 0.15) is 144 Å². The Kier molecular flexibility index (Phi) is 29.2. The monoisotopic (exact) mass is 1230 g/mol. The highest BCUT2D eigenvalue weighted by Crippen LogP contribution is 2.67. The van der Waals surface area contributed by atoms with Gasteiger partial charge in [-0.05, 0) is 100.0 Å². The number of ether oxygens (including phenoxy) is 2. The zero-order valence-electron chi connectivity index (χ0n) is 45.0. The molecule has 10 rings (SSSR count). The van der Waals surface area contributed by atoms with Crippen molar-refractivity contribution in [3.05, 3.63) is 117 Å². The van der Waals surface area contributed by atoms with Crippen LogP contribution in [-0.4, -0.2) is 96.0 Å². The highest BCUT2D eigenvalue weighted by atomic mass is 35.7. The molecule has 2 aromatic heterocycles. The molecule has 2 amide bonds. The molecule has 25 heteroatoms. The van der Waals surface area contributed by atoms with Crippen LogP contribution in [0.25, 0.3) is 0 Å². The summed E-state index contributed by atoms with van der Waals surface area (Å²) < 4.78 is 38.7. The Bertz CT molecular complexity index is 2660. The number of hydrogen-bond acceptors (Lipinski definition) is 14. The van der Waals surface area contributed by atoms with Crippen LogP contribution in [0.15, 0.2) is 94.8 Å². The number of hydrogen-bond donors (Lipinski definition) is 3. The number of nitrogens with one attached hydrogen (secondary N) is 2. The minimum atomic E-state index is -1.27. The third-order valence-electron chi connectivity index (χ3n) is 14.8. The summed E-state index contributed by atoms with van der Waals surface area (Å²) in [7, 11) is 1.98. The van der Waals surface area contributed by atoms with E-state index in [4.69, 9.17) is 34.3 Å². The molecule has 4 aliphatic heterocycles. The lowest BCUT2D eigenvalue weighted by Gasteiger charge is -2.28. The number of aliphatic hydroxyl groups excluding tert-OH is 1. The highest BCUT2D eigenvalue weighted by molar-refractivity contribution is 7.78. The van der Waals surface area contributed by atoms with Crippen LogP contribution in [0.3, 0.4) is 0 Å². The first kappa shape index (κ1) is 72.5. The van der Waals surface area contributed by atoms with Gasteiger partial charge in [0.2, 0.25) is 19.5 Å². The van der Waals surface area contributed by atoms with Crippen molar-refractivity contribution in [3.63, 3.8) is 0 Å². The number of halogens is 1. The number of anilines is 2. The van der Waals surface area contributed by atoms with Crippen LogP contribution < -0.4 is 22.0 Å². The predicted molar refractivity (Wildman–Crippen MR) is 336 cm³/mol. The van der Waals surface area contributed by atoms with Crippen molar-refractivity contribution >= 4 is 105 Å². The summed E-state index contributed by atoms with van der Waals surface area (Å²) in [4.78, 5) is 56.2. The Labute approximate surface area is 502 Å². The lowest BCUT2D eigenvalue weighted by atomic mass is 9.89.